The number of anilines is 3. The van der Waals surface area contributed by atoms with Crippen molar-refractivity contribution in [2.45, 2.75) is 12.5 Å². The minimum absolute atomic E-state index is 0.134. The number of carboxylic acid groups (broad SMARTS) is 1. The van der Waals surface area contributed by atoms with E-state index in [4.69, 9.17) is 5.11 Å². The molecule has 0 spiro atoms. The molecule has 0 unspecified atom stereocenters. The standard InChI is InChI=1S/C26H27N3O3/c1-28(21-12-5-2-6-13-21)24(18-11-19-25(30)31)20-27-26(32)29(22-14-7-3-8-15-22)23-16-9-4-10-17-23/h2-17,19,24H,18,20H2,1H3,(H,27,32)(H,30,31)/b19-11+/t24-/m0/s1. The minimum atomic E-state index is -0.991. The monoisotopic (exact) mass is 429 g/mol. The first-order valence-electron chi connectivity index (χ1n) is 10.4. The molecule has 2 N–H and O–H groups in total. The maximum absolute atomic E-state index is 13.3. The molecule has 2 amide bonds. The van der Waals surface area contributed by atoms with Crippen LogP contribution in [0, 0.1) is 0 Å². The molecule has 6 nitrogen and oxygen atoms in total. The summed E-state index contributed by atoms with van der Waals surface area (Å²) in [4.78, 5) is 27.9. The Bertz CT molecular complexity index is 984. The summed E-state index contributed by atoms with van der Waals surface area (Å²) in [5.41, 5.74) is 2.50. The van der Waals surface area contributed by atoms with Gasteiger partial charge in [0.05, 0.1) is 11.4 Å². The molecule has 0 fully saturated rings. The highest BCUT2D eigenvalue weighted by Gasteiger charge is 2.20. The lowest BCUT2D eigenvalue weighted by atomic mass is 10.1. The van der Waals surface area contributed by atoms with Crippen LogP contribution in [0.2, 0.25) is 0 Å². The fraction of sp³-hybridized carbons (Fsp3) is 0.154. The molecule has 0 aliphatic heterocycles. The van der Waals surface area contributed by atoms with Crippen molar-refractivity contribution in [2.24, 2.45) is 0 Å². The number of aliphatic carboxylic acids is 1. The summed E-state index contributed by atoms with van der Waals surface area (Å²) in [5, 5.41) is 12.0. The Morgan fingerprint density at radius 3 is 1.78 bits per heavy atom. The molecule has 164 valence electrons. The van der Waals surface area contributed by atoms with Crippen LogP contribution in [0.1, 0.15) is 6.42 Å². The molecule has 0 saturated heterocycles. The molecule has 3 aromatic rings. The first-order valence-corrected chi connectivity index (χ1v) is 10.4. The average molecular weight is 430 g/mol. The number of likely N-dealkylation sites (N-methyl/N-ethyl adjacent to an activating group) is 1. The molecular formula is C26H27N3O3. The van der Waals surface area contributed by atoms with Gasteiger partial charge in [-0.15, -0.1) is 0 Å². The number of hydrogen-bond donors (Lipinski definition) is 2. The van der Waals surface area contributed by atoms with E-state index in [1.54, 1.807) is 11.0 Å². The average Bonchev–Trinajstić information content (AvgIpc) is 2.83. The molecule has 0 heterocycles. The molecule has 0 aliphatic rings. The summed E-state index contributed by atoms with van der Waals surface area (Å²) in [6.45, 7) is 0.338. The van der Waals surface area contributed by atoms with E-state index >= 15 is 0 Å². The van der Waals surface area contributed by atoms with Crippen LogP contribution in [0.25, 0.3) is 0 Å². The van der Waals surface area contributed by atoms with Crippen LogP contribution in [-0.2, 0) is 4.79 Å². The fourth-order valence-electron chi connectivity index (χ4n) is 3.40. The molecule has 3 rings (SSSR count). The van der Waals surface area contributed by atoms with Crippen LogP contribution in [0.3, 0.4) is 0 Å². The largest absolute Gasteiger partial charge is 0.478 e. The van der Waals surface area contributed by atoms with Crippen molar-refractivity contribution in [1.82, 2.24) is 5.32 Å². The lowest BCUT2D eigenvalue weighted by molar-refractivity contribution is -0.131. The van der Waals surface area contributed by atoms with E-state index in [2.05, 4.69) is 5.32 Å². The Hall–Kier alpha value is -4.06. The van der Waals surface area contributed by atoms with E-state index in [9.17, 15) is 9.59 Å². The molecule has 6 heteroatoms. The third-order valence-corrected chi connectivity index (χ3v) is 5.10. The topological polar surface area (TPSA) is 72.9 Å². The maximum Gasteiger partial charge on any atom is 0.327 e. The Labute approximate surface area is 188 Å². The van der Waals surface area contributed by atoms with Gasteiger partial charge in [-0.3, -0.25) is 4.90 Å². The molecule has 0 radical (unpaired) electrons. The van der Waals surface area contributed by atoms with Gasteiger partial charge in [0, 0.05) is 31.4 Å². The van der Waals surface area contributed by atoms with E-state index in [1.165, 1.54) is 0 Å². The second-order valence-electron chi connectivity index (χ2n) is 7.27. The van der Waals surface area contributed by atoms with Crippen molar-refractivity contribution in [3.63, 3.8) is 0 Å². The van der Waals surface area contributed by atoms with E-state index in [1.807, 2.05) is 103 Å². The SMILES string of the molecule is CN(c1ccccc1)[C@@H](C/C=C/C(=O)O)CNC(=O)N(c1ccccc1)c1ccccc1. The van der Waals surface area contributed by atoms with E-state index in [-0.39, 0.29) is 12.1 Å². The first-order chi connectivity index (χ1) is 15.6. The smallest absolute Gasteiger partial charge is 0.327 e. The highest BCUT2D eigenvalue weighted by molar-refractivity contribution is 5.99. The molecular weight excluding hydrogens is 402 g/mol. The normalized spacial score (nSPS) is 11.7. The number of carbonyl (C=O) groups is 2. The third-order valence-electron chi connectivity index (χ3n) is 5.10. The van der Waals surface area contributed by atoms with Gasteiger partial charge in [0.1, 0.15) is 0 Å². The zero-order chi connectivity index (χ0) is 22.8. The fourth-order valence-corrected chi connectivity index (χ4v) is 3.40. The highest BCUT2D eigenvalue weighted by atomic mass is 16.4. The van der Waals surface area contributed by atoms with Crippen LogP contribution < -0.4 is 15.1 Å². The van der Waals surface area contributed by atoms with Crippen LogP contribution in [0.5, 0.6) is 0 Å². The van der Waals surface area contributed by atoms with Gasteiger partial charge in [-0.2, -0.15) is 0 Å². The van der Waals surface area contributed by atoms with Crippen molar-refractivity contribution in [3.8, 4) is 0 Å². The number of nitrogens with zero attached hydrogens (tertiary/aromatic N) is 2. The predicted molar refractivity (Wildman–Crippen MR) is 128 cm³/mol. The quantitative estimate of drug-likeness (QED) is 0.466. The second-order valence-corrected chi connectivity index (χ2v) is 7.27. The summed E-state index contributed by atoms with van der Waals surface area (Å²) < 4.78 is 0. The van der Waals surface area contributed by atoms with Crippen LogP contribution in [0.4, 0.5) is 21.9 Å². The number of urea groups is 1. The number of para-hydroxylation sites is 3. The number of nitrogens with one attached hydrogen (secondary N) is 1. The zero-order valence-corrected chi connectivity index (χ0v) is 18.0. The highest BCUT2D eigenvalue weighted by Crippen LogP contribution is 2.25. The molecule has 3 aromatic carbocycles. The lowest BCUT2D eigenvalue weighted by Gasteiger charge is -2.31. The number of rotatable bonds is 9. The number of carboxylic acids is 1. The molecule has 0 aliphatic carbocycles. The summed E-state index contributed by atoms with van der Waals surface area (Å²) in [5.74, 6) is -0.991. The van der Waals surface area contributed by atoms with E-state index in [0.29, 0.717) is 13.0 Å². The maximum atomic E-state index is 13.3. The van der Waals surface area contributed by atoms with Gasteiger partial charge in [0.15, 0.2) is 0 Å². The Morgan fingerprint density at radius 1 is 0.844 bits per heavy atom. The van der Waals surface area contributed by atoms with Crippen molar-refractivity contribution in [2.75, 3.05) is 23.4 Å². The molecule has 0 bridgehead atoms. The third kappa shape index (κ3) is 6.22. The van der Waals surface area contributed by atoms with Gasteiger partial charge in [-0.25, -0.2) is 9.59 Å². The zero-order valence-electron chi connectivity index (χ0n) is 18.0. The van der Waals surface area contributed by atoms with Gasteiger partial charge in [0.2, 0.25) is 0 Å². The summed E-state index contributed by atoms with van der Waals surface area (Å²) in [6.07, 6.45) is 3.22. The Morgan fingerprint density at radius 2 is 1.31 bits per heavy atom. The molecule has 32 heavy (non-hydrogen) atoms. The number of amides is 2. The molecule has 0 saturated carbocycles. The van der Waals surface area contributed by atoms with Crippen molar-refractivity contribution in [1.29, 1.82) is 0 Å². The second kappa shape index (κ2) is 11.4. The van der Waals surface area contributed by atoms with Crippen LogP contribution in [-0.4, -0.2) is 36.7 Å². The van der Waals surface area contributed by atoms with Gasteiger partial charge < -0.3 is 15.3 Å². The van der Waals surface area contributed by atoms with Crippen LogP contribution >= 0.6 is 0 Å². The Balaban J connectivity index is 1.79. The summed E-state index contributed by atoms with van der Waals surface area (Å²) in [6, 6.07) is 28.3. The summed E-state index contributed by atoms with van der Waals surface area (Å²) >= 11 is 0. The number of hydrogen-bond acceptors (Lipinski definition) is 3. The minimum Gasteiger partial charge on any atom is -0.478 e. The van der Waals surface area contributed by atoms with Crippen molar-refractivity contribution in [3.05, 3.63) is 103 Å². The molecule has 0 aromatic heterocycles. The van der Waals surface area contributed by atoms with E-state index in [0.717, 1.165) is 23.1 Å². The van der Waals surface area contributed by atoms with Crippen molar-refractivity contribution < 1.29 is 14.7 Å². The number of carbonyl (C=O) groups excluding carboxylic acids is 1. The van der Waals surface area contributed by atoms with Gasteiger partial charge in [0.25, 0.3) is 0 Å². The number of benzene rings is 3. The predicted octanol–water partition coefficient (Wildman–Crippen LogP) is 5.07. The lowest BCUT2D eigenvalue weighted by Crippen LogP contribution is -2.45. The van der Waals surface area contributed by atoms with Crippen LogP contribution in [0.15, 0.2) is 103 Å². The van der Waals surface area contributed by atoms with Crippen molar-refractivity contribution >= 4 is 29.1 Å². The van der Waals surface area contributed by atoms with Gasteiger partial charge >= 0.3 is 12.0 Å². The first kappa shape index (κ1) is 22.6. The van der Waals surface area contributed by atoms with Gasteiger partial charge in [-0.05, 0) is 42.8 Å². The molecule has 1 atom stereocenters. The van der Waals surface area contributed by atoms with Gasteiger partial charge in [-0.1, -0.05) is 60.7 Å². The Kier molecular flexibility index (Phi) is 8.03. The summed E-state index contributed by atoms with van der Waals surface area (Å²) in [7, 11) is 1.94. The van der Waals surface area contributed by atoms with E-state index < -0.39 is 5.97 Å².